The molecule has 0 aromatic heterocycles. The van der Waals surface area contributed by atoms with Crippen molar-refractivity contribution in [1.29, 1.82) is 0 Å². The molecule has 2 atom stereocenters. The van der Waals surface area contributed by atoms with Gasteiger partial charge in [0.25, 0.3) is 0 Å². The van der Waals surface area contributed by atoms with Crippen LogP contribution in [-0.2, 0) is 14.4 Å². The predicted molar refractivity (Wildman–Crippen MR) is 85.5 cm³/mol. The van der Waals surface area contributed by atoms with Crippen molar-refractivity contribution in [3.05, 3.63) is 0 Å². The molecule has 23 heavy (non-hydrogen) atoms. The van der Waals surface area contributed by atoms with Crippen LogP contribution in [-0.4, -0.2) is 59.7 Å². The molecule has 0 aromatic carbocycles. The molecule has 3 aliphatic rings. The molecule has 3 amide bonds. The van der Waals surface area contributed by atoms with Gasteiger partial charge in [-0.25, -0.2) is 0 Å². The van der Waals surface area contributed by atoms with E-state index in [1.165, 1.54) is 0 Å². The summed E-state index contributed by atoms with van der Waals surface area (Å²) in [5, 5.41) is 3.02. The zero-order valence-electron chi connectivity index (χ0n) is 13.8. The Labute approximate surface area is 137 Å². The van der Waals surface area contributed by atoms with Gasteiger partial charge >= 0.3 is 0 Å². The van der Waals surface area contributed by atoms with Gasteiger partial charge in [-0.1, -0.05) is 6.42 Å². The maximum atomic E-state index is 12.8. The van der Waals surface area contributed by atoms with Crippen molar-refractivity contribution in [2.75, 3.05) is 26.2 Å². The molecule has 3 rings (SSSR count). The highest BCUT2D eigenvalue weighted by molar-refractivity contribution is 5.87. The molecule has 6 heteroatoms. The van der Waals surface area contributed by atoms with Crippen LogP contribution >= 0.6 is 0 Å². The number of hydrogen-bond donors (Lipinski definition) is 1. The minimum absolute atomic E-state index is 0.0123. The first-order valence-electron chi connectivity index (χ1n) is 9.02. The molecule has 2 unspecified atom stereocenters. The molecule has 1 N–H and O–H groups in total. The van der Waals surface area contributed by atoms with Gasteiger partial charge in [0, 0.05) is 32.1 Å². The lowest BCUT2D eigenvalue weighted by Gasteiger charge is -2.34. The van der Waals surface area contributed by atoms with Crippen molar-refractivity contribution in [3.63, 3.8) is 0 Å². The molecule has 2 saturated heterocycles. The molecular weight excluding hydrogens is 294 g/mol. The van der Waals surface area contributed by atoms with E-state index in [1.807, 2.05) is 4.90 Å². The van der Waals surface area contributed by atoms with Crippen LogP contribution in [0.25, 0.3) is 0 Å². The lowest BCUT2D eigenvalue weighted by molar-refractivity contribution is -0.142. The molecule has 0 radical (unpaired) electrons. The SMILES string of the molecule is O=C1NCCCCCN(C(=O)CN2CCCC2=O)C2CCCC12. The van der Waals surface area contributed by atoms with Crippen molar-refractivity contribution in [2.45, 2.75) is 57.4 Å². The van der Waals surface area contributed by atoms with E-state index in [4.69, 9.17) is 0 Å². The topological polar surface area (TPSA) is 69.7 Å². The number of nitrogens with zero attached hydrogens (tertiary/aromatic N) is 2. The number of carbonyl (C=O) groups is 3. The molecule has 128 valence electrons. The van der Waals surface area contributed by atoms with Gasteiger partial charge in [-0.05, 0) is 38.5 Å². The van der Waals surface area contributed by atoms with E-state index in [1.54, 1.807) is 4.90 Å². The fraction of sp³-hybridized carbons (Fsp3) is 0.824. The molecule has 6 nitrogen and oxygen atoms in total. The summed E-state index contributed by atoms with van der Waals surface area (Å²) in [6.45, 7) is 2.34. The Bertz CT molecular complexity index is 480. The van der Waals surface area contributed by atoms with Crippen molar-refractivity contribution in [2.24, 2.45) is 5.92 Å². The van der Waals surface area contributed by atoms with Crippen LogP contribution < -0.4 is 5.32 Å². The van der Waals surface area contributed by atoms with Gasteiger partial charge in [-0.3, -0.25) is 14.4 Å². The molecule has 1 aliphatic carbocycles. The second-order valence-electron chi connectivity index (χ2n) is 6.96. The number of hydrogen-bond acceptors (Lipinski definition) is 3. The minimum Gasteiger partial charge on any atom is -0.356 e. The Morgan fingerprint density at radius 2 is 1.91 bits per heavy atom. The molecular formula is C17H27N3O3. The standard InChI is InChI=1S/C17H27N3O3/c21-15-8-5-10-19(15)12-16(22)20-11-3-1-2-9-18-17(23)13-6-4-7-14(13)20/h13-14H,1-12H2,(H,18,23). The average molecular weight is 321 g/mol. The summed E-state index contributed by atoms with van der Waals surface area (Å²) in [7, 11) is 0. The minimum atomic E-state index is -0.0775. The van der Waals surface area contributed by atoms with Crippen LogP contribution in [0.1, 0.15) is 51.4 Å². The summed E-state index contributed by atoms with van der Waals surface area (Å²) in [5.74, 6) is 0.126. The molecule has 1 saturated carbocycles. The third-order valence-electron chi connectivity index (χ3n) is 5.41. The summed E-state index contributed by atoms with van der Waals surface area (Å²) in [6, 6.07) is 0.0123. The Kier molecular flexibility index (Phi) is 5.18. The predicted octanol–water partition coefficient (Wildman–Crippen LogP) is 0.906. The van der Waals surface area contributed by atoms with Crippen LogP contribution in [0.15, 0.2) is 0 Å². The highest BCUT2D eigenvalue weighted by Gasteiger charge is 2.39. The lowest BCUT2D eigenvalue weighted by Crippen LogP contribution is -2.51. The van der Waals surface area contributed by atoms with Crippen LogP contribution in [0.2, 0.25) is 0 Å². The molecule has 2 aliphatic heterocycles. The normalized spacial score (nSPS) is 29.4. The van der Waals surface area contributed by atoms with Gasteiger partial charge in [-0.15, -0.1) is 0 Å². The summed E-state index contributed by atoms with van der Waals surface area (Å²) in [5.41, 5.74) is 0. The summed E-state index contributed by atoms with van der Waals surface area (Å²) < 4.78 is 0. The van der Waals surface area contributed by atoms with E-state index in [0.29, 0.717) is 13.0 Å². The number of nitrogens with one attached hydrogen (secondary N) is 1. The van der Waals surface area contributed by atoms with Gasteiger partial charge in [-0.2, -0.15) is 0 Å². The molecule has 3 fully saturated rings. The van der Waals surface area contributed by atoms with Crippen molar-refractivity contribution in [1.82, 2.24) is 15.1 Å². The highest BCUT2D eigenvalue weighted by atomic mass is 16.2. The first-order valence-corrected chi connectivity index (χ1v) is 9.02. The molecule has 0 aromatic rings. The summed E-state index contributed by atoms with van der Waals surface area (Å²) in [6.07, 6.45) is 7.12. The van der Waals surface area contributed by atoms with E-state index >= 15 is 0 Å². The molecule has 0 bridgehead atoms. The highest BCUT2D eigenvalue weighted by Crippen LogP contribution is 2.31. The number of fused-ring (bicyclic) bond motifs is 1. The van der Waals surface area contributed by atoms with Crippen LogP contribution in [0.3, 0.4) is 0 Å². The fourth-order valence-corrected chi connectivity index (χ4v) is 4.15. The average Bonchev–Trinajstić information content (AvgIpc) is 3.16. The van der Waals surface area contributed by atoms with E-state index < -0.39 is 0 Å². The third-order valence-corrected chi connectivity index (χ3v) is 5.41. The second-order valence-corrected chi connectivity index (χ2v) is 6.96. The summed E-state index contributed by atoms with van der Waals surface area (Å²) in [4.78, 5) is 40.5. The number of rotatable bonds is 2. The van der Waals surface area contributed by atoms with Gasteiger partial charge in [0.1, 0.15) is 0 Å². The molecule has 0 spiro atoms. The van der Waals surface area contributed by atoms with Gasteiger partial charge in [0.05, 0.1) is 12.5 Å². The van der Waals surface area contributed by atoms with E-state index in [9.17, 15) is 14.4 Å². The van der Waals surface area contributed by atoms with E-state index in [-0.39, 0.29) is 36.2 Å². The monoisotopic (exact) mass is 321 g/mol. The van der Waals surface area contributed by atoms with E-state index in [2.05, 4.69) is 5.32 Å². The largest absolute Gasteiger partial charge is 0.356 e. The number of carbonyl (C=O) groups excluding carboxylic acids is 3. The van der Waals surface area contributed by atoms with Gasteiger partial charge < -0.3 is 15.1 Å². The maximum Gasteiger partial charge on any atom is 0.242 e. The zero-order chi connectivity index (χ0) is 16.2. The quantitative estimate of drug-likeness (QED) is 0.822. The fourth-order valence-electron chi connectivity index (χ4n) is 4.15. The smallest absolute Gasteiger partial charge is 0.242 e. The van der Waals surface area contributed by atoms with Crippen molar-refractivity contribution < 1.29 is 14.4 Å². The summed E-state index contributed by atoms with van der Waals surface area (Å²) >= 11 is 0. The second kappa shape index (κ2) is 7.32. The van der Waals surface area contributed by atoms with Gasteiger partial charge in [0.15, 0.2) is 0 Å². The lowest BCUT2D eigenvalue weighted by atomic mass is 9.99. The maximum absolute atomic E-state index is 12.8. The Hall–Kier alpha value is -1.59. The Morgan fingerprint density at radius 3 is 2.70 bits per heavy atom. The van der Waals surface area contributed by atoms with Crippen molar-refractivity contribution >= 4 is 17.7 Å². The van der Waals surface area contributed by atoms with Crippen LogP contribution in [0, 0.1) is 5.92 Å². The van der Waals surface area contributed by atoms with Crippen LogP contribution in [0.4, 0.5) is 0 Å². The van der Waals surface area contributed by atoms with Crippen LogP contribution in [0.5, 0.6) is 0 Å². The molecule has 2 heterocycles. The number of amides is 3. The first kappa shape index (κ1) is 16.3. The Morgan fingerprint density at radius 1 is 1.04 bits per heavy atom. The number of likely N-dealkylation sites (tertiary alicyclic amines) is 1. The first-order chi connectivity index (χ1) is 11.2. The third kappa shape index (κ3) is 3.67. The van der Waals surface area contributed by atoms with E-state index in [0.717, 1.165) is 58.0 Å². The zero-order valence-corrected chi connectivity index (χ0v) is 13.8. The van der Waals surface area contributed by atoms with Gasteiger partial charge in [0.2, 0.25) is 17.7 Å². The Balaban J connectivity index is 1.71. The van der Waals surface area contributed by atoms with Crippen molar-refractivity contribution in [3.8, 4) is 0 Å².